The molecular formula is C22H27N3O2. The van der Waals surface area contributed by atoms with Crippen molar-refractivity contribution in [3.63, 3.8) is 0 Å². The Kier molecular flexibility index (Phi) is 5.58. The number of para-hydroxylation sites is 2. The van der Waals surface area contributed by atoms with Crippen molar-refractivity contribution in [3.05, 3.63) is 60.2 Å². The second kappa shape index (κ2) is 8.44. The molecule has 5 nitrogen and oxygen atoms in total. The highest BCUT2D eigenvalue weighted by atomic mass is 16.5. The molecule has 1 amide bonds. The highest BCUT2D eigenvalue weighted by Gasteiger charge is 2.22. The third kappa shape index (κ3) is 4.61. The van der Waals surface area contributed by atoms with Gasteiger partial charge in [-0.05, 0) is 31.0 Å². The van der Waals surface area contributed by atoms with Crippen LogP contribution in [0, 0.1) is 0 Å². The number of hydrogen-bond acceptors (Lipinski definition) is 4. The van der Waals surface area contributed by atoms with Gasteiger partial charge in [-0.3, -0.25) is 9.69 Å². The molecule has 2 aromatic carbocycles. The normalized spacial score (nSPS) is 18.3. The molecule has 1 saturated heterocycles. The largest absolute Gasteiger partial charge is 0.492 e. The molecule has 5 heteroatoms. The Hall–Kier alpha value is -2.53. The molecular weight excluding hydrogens is 338 g/mol. The van der Waals surface area contributed by atoms with Crippen LogP contribution >= 0.6 is 0 Å². The molecule has 27 heavy (non-hydrogen) atoms. The van der Waals surface area contributed by atoms with Crippen LogP contribution in [0.3, 0.4) is 0 Å². The van der Waals surface area contributed by atoms with Gasteiger partial charge < -0.3 is 15.0 Å². The van der Waals surface area contributed by atoms with Gasteiger partial charge in [0.1, 0.15) is 12.4 Å². The van der Waals surface area contributed by atoms with E-state index in [4.69, 9.17) is 4.74 Å². The van der Waals surface area contributed by atoms with E-state index < -0.39 is 0 Å². The highest BCUT2D eigenvalue weighted by Crippen LogP contribution is 2.22. The lowest BCUT2D eigenvalue weighted by Crippen LogP contribution is -2.47. The average Bonchev–Trinajstić information content (AvgIpc) is 2.91. The zero-order valence-electron chi connectivity index (χ0n) is 15.6. The first-order valence-corrected chi connectivity index (χ1v) is 9.80. The Morgan fingerprint density at radius 2 is 1.74 bits per heavy atom. The Labute approximate surface area is 160 Å². The number of fused-ring (bicyclic) bond motifs is 1. The second-order valence-corrected chi connectivity index (χ2v) is 7.33. The fourth-order valence-electron chi connectivity index (χ4n) is 3.91. The lowest BCUT2D eigenvalue weighted by molar-refractivity contribution is -0.123. The third-order valence-electron chi connectivity index (χ3n) is 5.38. The SMILES string of the molecule is O=C(CN1CCOc2ccccc2C1)NC1CCN(c2ccccc2)CC1. The number of amides is 1. The number of rotatable bonds is 4. The van der Waals surface area contributed by atoms with Crippen molar-refractivity contribution in [2.75, 3.05) is 37.7 Å². The summed E-state index contributed by atoms with van der Waals surface area (Å²) in [7, 11) is 0. The van der Waals surface area contributed by atoms with Crippen LogP contribution in [0.4, 0.5) is 5.69 Å². The molecule has 0 aliphatic carbocycles. The van der Waals surface area contributed by atoms with Gasteiger partial charge in [-0.25, -0.2) is 0 Å². The van der Waals surface area contributed by atoms with Crippen LogP contribution in [0.1, 0.15) is 18.4 Å². The lowest BCUT2D eigenvalue weighted by Gasteiger charge is -2.34. The van der Waals surface area contributed by atoms with E-state index in [0.29, 0.717) is 13.2 Å². The van der Waals surface area contributed by atoms with Crippen LogP contribution in [-0.4, -0.2) is 49.6 Å². The van der Waals surface area contributed by atoms with Gasteiger partial charge in [0, 0.05) is 43.5 Å². The van der Waals surface area contributed by atoms with E-state index >= 15 is 0 Å². The van der Waals surface area contributed by atoms with Crippen LogP contribution in [0.5, 0.6) is 5.75 Å². The minimum absolute atomic E-state index is 0.118. The smallest absolute Gasteiger partial charge is 0.234 e. The van der Waals surface area contributed by atoms with Crippen molar-refractivity contribution in [3.8, 4) is 5.75 Å². The maximum atomic E-state index is 12.5. The summed E-state index contributed by atoms with van der Waals surface area (Å²) >= 11 is 0. The zero-order valence-corrected chi connectivity index (χ0v) is 15.6. The summed E-state index contributed by atoms with van der Waals surface area (Å²) in [5, 5.41) is 3.23. The molecule has 1 N–H and O–H groups in total. The molecule has 0 atom stereocenters. The number of nitrogens with zero attached hydrogens (tertiary/aromatic N) is 2. The number of ether oxygens (including phenoxy) is 1. The standard InChI is InChI=1S/C22H27N3O2/c26-22(17-24-14-15-27-21-9-5-4-6-18(21)16-24)23-19-10-12-25(13-11-19)20-7-2-1-3-8-20/h1-9,19H,10-17H2,(H,23,26). The van der Waals surface area contributed by atoms with E-state index in [0.717, 1.165) is 50.3 Å². The Balaban J connectivity index is 1.25. The van der Waals surface area contributed by atoms with E-state index in [1.165, 1.54) is 5.69 Å². The molecule has 0 saturated carbocycles. The van der Waals surface area contributed by atoms with E-state index in [2.05, 4.69) is 45.4 Å². The van der Waals surface area contributed by atoms with Crippen molar-refractivity contribution in [1.82, 2.24) is 10.2 Å². The second-order valence-electron chi connectivity index (χ2n) is 7.33. The molecule has 4 rings (SSSR count). The molecule has 2 aromatic rings. The van der Waals surface area contributed by atoms with Crippen molar-refractivity contribution in [1.29, 1.82) is 0 Å². The Bertz CT molecular complexity index is 757. The minimum Gasteiger partial charge on any atom is -0.492 e. The quantitative estimate of drug-likeness (QED) is 0.905. The molecule has 2 aliphatic heterocycles. The van der Waals surface area contributed by atoms with Crippen LogP contribution in [0.2, 0.25) is 0 Å². The summed E-state index contributed by atoms with van der Waals surface area (Å²) in [5.41, 5.74) is 2.42. The number of anilines is 1. The predicted octanol–water partition coefficient (Wildman–Crippen LogP) is 2.67. The van der Waals surface area contributed by atoms with Crippen molar-refractivity contribution >= 4 is 11.6 Å². The summed E-state index contributed by atoms with van der Waals surface area (Å²) in [6.45, 7) is 4.56. The topological polar surface area (TPSA) is 44.8 Å². The molecule has 0 aromatic heterocycles. The summed E-state index contributed by atoms with van der Waals surface area (Å²) in [5.74, 6) is 1.06. The first kappa shape index (κ1) is 17.9. The van der Waals surface area contributed by atoms with Gasteiger partial charge in [0.2, 0.25) is 5.91 Å². The van der Waals surface area contributed by atoms with Gasteiger partial charge in [0.05, 0.1) is 6.54 Å². The maximum Gasteiger partial charge on any atom is 0.234 e. The van der Waals surface area contributed by atoms with Gasteiger partial charge in [-0.2, -0.15) is 0 Å². The van der Waals surface area contributed by atoms with Crippen molar-refractivity contribution in [2.24, 2.45) is 0 Å². The van der Waals surface area contributed by atoms with E-state index in [1.54, 1.807) is 0 Å². The number of piperidine rings is 1. The third-order valence-corrected chi connectivity index (χ3v) is 5.38. The van der Waals surface area contributed by atoms with E-state index in [9.17, 15) is 4.79 Å². The predicted molar refractivity (Wildman–Crippen MR) is 107 cm³/mol. The Morgan fingerprint density at radius 3 is 2.56 bits per heavy atom. The van der Waals surface area contributed by atoms with E-state index in [-0.39, 0.29) is 11.9 Å². The molecule has 0 radical (unpaired) electrons. The van der Waals surface area contributed by atoms with Crippen LogP contribution < -0.4 is 15.0 Å². The number of carbonyl (C=O) groups excluding carboxylic acids is 1. The first-order valence-electron chi connectivity index (χ1n) is 9.80. The van der Waals surface area contributed by atoms with Crippen molar-refractivity contribution in [2.45, 2.75) is 25.4 Å². The van der Waals surface area contributed by atoms with Gasteiger partial charge in [0.25, 0.3) is 0 Å². The number of hydrogen-bond donors (Lipinski definition) is 1. The van der Waals surface area contributed by atoms with Gasteiger partial charge in [-0.15, -0.1) is 0 Å². The highest BCUT2D eigenvalue weighted by molar-refractivity contribution is 5.78. The molecule has 1 fully saturated rings. The lowest BCUT2D eigenvalue weighted by atomic mass is 10.0. The van der Waals surface area contributed by atoms with Gasteiger partial charge in [-0.1, -0.05) is 36.4 Å². The number of carbonyl (C=O) groups is 1. The molecule has 0 spiro atoms. The minimum atomic E-state index is 0.118. The van der Waals surface area contributed by atoms with Gasteiger partial charge >= 0.3 is 0 Å². The van der Waals surface area contributed by atoms with Crippen LogP contribution in [-0.2, 0) is 11.3 Å². The molecule has 142 valence electrons. The first-order chi connectivity index (χ1) is 13.3. The average molecular weight is 365 g/mol. The zero-order chi connectivity index (χ0) is 18.5. The summed E-state index contributed by atoms with van der Waals surface area (Å²) in [6, 6.07) is 18.9. The summed E-state index contributed by atoms with van der Waals surface area (Å²) in [4.78, 5) is 17.1. The van der Waals surface area contributed by atoms with Crippen LogP contribution in [0.25, 0.3) is 0 Å². The molecule has 0 unspecified atom stereocenters. The monoisotopic (exact) mass is 365 g/mol. The molecule has 0 bridgehead atoms. The number of nitrogens with one attached hydrogen (secondary N) is 1. The van der Waals surface area contributed by atoms with Crippen LogP contribution in [0.15, 0.2) is 54.6 Å². The summed E-state index contributed by atoms with van der Waals surface area (Å²) < 4.78 is 5.79. The fourth-order valence-corrected chi connectivity index (χ4v) is 3.91. The van der Waals surface area contributed by atoms with Crippen molar-refractivity contribution < 1.29 is 9.53 Å². The Morgan fingerprint density at radius 1 is 1.00 bits per heavy atom. The molecule has 2 heterocycles. The van der Waals surface area contributed by atoms with Gasteiger partial charge in [0.15, 0.2) is 0 Å². The summed E-state index contributed by atoms with van der Waals surface area (Å²) in [6.07, 6.45) is 1.99. The fraction of sp³-hybridized carbons (Fsp3) is 0.409. The maximum absolute atomic E-state index is 12.5. The van der Waals surface area contributed by atoms with E-state index in [1.807, 2.05) is 24.3 Å². The number of benzene rings is 2. The molecule has 2 aliphatic rings.